The summed E-state index contributed by atoms with van der Waals surface area (Å²) in [6.45, 7) is -0.0995. The normalized spacial score (nSPS) is 16.0. The van der Waals surface area contributed by atoms with Crippen molar-refractivity contribution in [1.29, 1.82) is 0 Å². The molecule has 4 nitrogen and oxygen atoms in total. The number of amides is 1. The van der Waals surface area contributed by atoms with E-state index in [0.717, 1.165) is 25.7 Å². The van der Waals surface area contributed by atoms with E-state index in [-0.39, 0.29) is 24.1 Å². The Labute approximate surface area is 129 Å². The quantitative estimate of drug-likeness (QED) is 0.670. The predicted octanol–water partition coefficient (Wildman–Crippen LogP) is 3.37. The van der Waals surface area contributed by atoms with E-state index in [1.165, 1.54) is 12.8 Å². The van der Waals surface area contributed by atoms with Crippen LogP contribution in [0, 0.1) is 0 Å². The van der Waals surface area contributed by atoms with Crippen molar-refractivity contribution in [3.8, 4) is 5.75 Å². The van der Waals surface area contributed by atoms with Crippen molar-refractivity contribution >= 4 is 23.8 Å². The maximum atomic E-state index is 11.9. The number of carbonyl (C=O) groups excluding carboxylic acids is 2. The van der Waals surface area contributed by atoms with E-state index in [1.807, 2.05) is 0 Å². The molecule has 1 aromatic rings. The van der Waals surface area contributed by atoms with Crippen LogP contribution in [0.5, 0.6) is 5.75 Å². The van der Waals surface area contributed by atoms with Gasteiger partial charge in [0.05, 0.1) is 10.6 Å². The van der Waals surface area contributed by atoms with Gasteiger partial charge in [0.25, 0.3) is 5.91 Å². The van der Waals surface area contributed by atoms with Crippen molar-refractivity contribution in [2.75, 3.05) is 6.61 Å². The van der Waals surface area contributed by atoms with E-state index in [9.17, 15) is 9.59 Å². The second kappa shape index (κ2) is 8.03. The number of hydrogen-bond donors (Lipinski definition) is 1. The van der Waals surface area contributed by atoms with Gasteiger partial charge >= 0.3 is 0 Å². The lowest BCUT2D eigenvalue weighted by Crippen LogP contribution is -2.37. The van der Waals surface area contributed by atoms with Crippen LogP contribution in [0.25, 0.3) is 0 Å². The van der Waals surface area contributed by atoms with Gasteiger partial charge in [-0.2, -0.15) is 0 Å². The number of benzene rings is 1. The highest BCUT2D eigenvalue weighted by Gasteiger charge is 2.15. The van der Waals surface area contributed by atoms with Crippen LogP contribution in [-0.4, -0.2) is 24.8 Å². The van der Waals surface area contributed by atoms with Crippen LogP contribution in [0.4, 0.5) is 0 Å². The molecule has 1 N–H and O–H groups in total. The summed E-state index contributed by atoms with van der Waals surface area (Å²) < 4.78 is 5.42. The van der Waals surface area contributed by atoms with Gasteiger partial charge < -0.3 is 10.1 Å². The number of carbonyl (C=O) groups is 2. The number of rotatable bonds is 5. The molecular formula is C16H20ClNO3. The predicted molar refractivity (Wildman–Crippen MR) is 82.0 cm³/mol. The zero-order chi connectivity index (χ0) is 15.1. The molecule has 1 fully saturated rings. The fourth-order valence-corrected chi connectivity index (χ4v) is 2.80. The minimum atomic E-state index is -0.154. The van der Waals surface area contributed by atoms with E-state index in [2.05, 4.69) is 5.32 Å². The molecule has 1 aromatic carbocycles. The number of halogens is 1. The Balaban J connectivity index is 1.86. The molecule has 1 amide bonds. The topological polar surface area (TPSA) is 55.4 Å². The molecule has 1 aliphatic rings. The number of nitrogens with one attached hydrogen (secondary N) is 1. The molecule has 0 heterocycles. The number of hydrogen-bond acceptors (Lipinski definition) is 3. The van der Waals surface area contributed by atoms with E-state index < -0.39 is 0 Å². The van der Waals surface area contributed by atoms with Crippen molar-refractivity contribution in [3.05, 3.63) is 28.8 Å². The van der Waals surface area contributed by atoms with Crippen molar-refractivity contribution in [2.24, 2.45) is 0 Å². The van der Waals surface area contributed by atoms with Crippen molar-refractivity contribution in [1.82, 2.24) is 5.32 Å². The third kappa shape index (κ3) is 4.74. The summed E-state index contributed by atoms with van der Waals surface area (Å²) >= 11 is 5.91. The van der Waals surface area contributed by atoms with Crippen LogP contribution in [0.3, 0.4) is 0 Å². The Morgan fingerprint density at radius 2 is 2.00 bits per heavy atom. The Morgan fingerprint density at radius 3 is 2.67 bits per heavy atom. The molecule has 0 bridgehead atoms. The van der Waals surface area contributed by atoms with Gasteiger partial charge in [-0.1, -0.05) is 43.4 Å². The zero-order valence-corrected chi connectivity index (χ0v) is 12.7. The van der Waals surface area contributed by atoms with Crippen molar-refractivity contribution < 1.29 is 14.3 Å². The number of aldehydes is 1. The Hall–Kier alpha value is -1.55. The van der Waals surface area contributed by atoms with Gasteiger partial charge in [-0.3, -0.25) is 9.59 Å². The van der Waals surface area contributed by atoms with Crippen molar-refractivity contribution in [2.45, 2.75) is 44.6 Å². The van der Waals surface area contributed by atoms with Crippen molar-refractivity contribution in [3.63, 3.8) is 0 Å². The van der Waals surface area contributed by atoms with Gasteiger partial charge in [-0.05, 0) is 25.0 Å². The lowest BCUT2D eigenvalue weighted by atomic mass is 10.1. The van der Waals surface area contributed by atoms with Gasteiger partial charge in [-0.15, -0.1) is 0 Å². The molecule has 0 radical (unpaired) electrons. The van der Waals surface area contributed by atoms with Crippen LogP contribution in [0.1, 0.15) is 48.9 Å². The summed E-state index contributed by atoms with van der Waals surface area (Å²) in [5, 5.41) is 3.32. The third-order valence-electron chi connectivity index (χ3n) is 3.71. The molecule has 0 atom stereocenters. The summed E-state index contributed by atoms with van der Waals surface area (Å²) in [4.78, 5) is 22.9. The highest BCUT2D eigenvalue weighted by Crippen LogP contribution is 2.24. The minimum absolute atomic E-state index is 0.0995. The van der Waals surface area contributed by atoms with Crippen LogP contribution >= 0.6 is 11.6 Å². The summed E-state index contributed by atoms with van der Waals surface area (Å²) in [5.74, 6) is 0.187. The average Bonchev–Trinajstić information content (AvgIpc) is 2.74. The molecule has 114 valence electrons. The molecule has 0 aliphatic heterocycles. The largest absolute Gasteiger partial charge is 0.483 e. The Kier molecular flexibility index (Phi) is 6.05. The monoisotopic (exact) mass is 309 g/mol. The molecule has 21 heavy (non-hydrogen) atoms. The smallest absolute Gasteiger partial charge is 0.258 e. The molecule has 0 unspecified atom stereocenters. The molecule has 0 saturated heterocycles. The maximum Gasteiger partial charge on any atom is 0.258 e. The second-order valence-electron chi connectivity index (χ2n) is 5.31. The van der Waals surface area contributed by atoms with Crippen LogP contribution in [0.2, 0.25) is 5.02 Å². The van der Waals surface area contributed by atoms with Crippen LogP contribution in [0.15, 0.2) is 18.2 Å². The molecule has 1 saturated carbocycles. The lowest BCUT2D eigenvalue weighted by molar-refractivity contribution is -0.123. The third-order valence-corrected chi connectivity index (χ3v) is 4.04. The van der Waals surface area contributed by atoms with Crippen LogP contribution < -0.4 is 10.1 Å². The second-order valence-corrected chi connectivity index (χ2v) is 5.72. The summed E-state index contributed by atoms with van der Waals surface area (Å²) in [6.07, 6.45) is 7.51. The first-order chi connectivity index (χ1) is 10.2. The first-order valence-electron chi connectivity index (χ1n) is 7.36. The Morgan fingerprint density at radius 1 is 1.29 bits per heavy atom. The molecule has 0 aromatic heterocycles. The molecule has 5 heteroatoms. The fraction of sp³-hybridized carbons (Fsp3) is 0.500. The van der Waals surface area contributed by atoms with Gasteiger partial charge in [0.2, 0.25) is 0 Å². The molecular weight excluding hydrogens is 290 g/mol. The van der Waals surface area contributed by atoms with Crippen LogP contribution in [-0.2, 0) is 4.79 Å². The summed E-state index contributed by atoms with van der Waals surface area (Å²) in [6, 6.07) is 5.18. The first-order valence-corrected chi connectivity index (χ1v) is 7.74. The van der Waals surface area contributed by atoms with Gasteiger partial charge in [0.15, 0.2) is 12.9 Å². The maximum absolute atomic E-state index is 11.9. The highest BCUT2D eigenvalue weighted by atomic mass is 35.5. The SMILES string of the molecule is O=Cc1c(Cl)cccc1OCC(=O)NC1CCCCCC1. The molecule has 1 aliphatic carbocycles. The van der Waals surface area contributed by atoms with E-state index in [0.29, 0.717) is 17.1 Å². The highest BCUT2D eigenvalue weighted by molar-refractivity contribution is 6.33. The first kappa shape index (κ1) is 15.8. The number of ether oxygens (including phenoxy) is 1. The van der Waals surface area contributed by atoms with E-state index in [1.54, 1.807) is 18.2 Å². The average molecular weight is 310 g/mol. The van der Waals surface area contributed by atoms with Gasteiger partial charge in [0, 0.05) is 6.04 Å². The van der Waals surface area contributed by atoms with Gasteiger partial charge in [0.1, 0.15) is 5.75 Å². The fourth-order valence-electron chi connectivity index (χ4n) is 2.59. The lowest BCUT2D eigenvalue weighted by Gasteiger charge is -2.16. The standard InChI is InChI=1S/C16H20ClNO3/c17-14-8-5-9-15(13(14)10-19)21-11-16(20)18-12-6-3-1-2-4-7-12/h5,8-10,12H,1-4,6-7,11H2,(H,18,20). The minimum Gasteiger partial charge on any atom is -0.483 e. The van der Waals surface area contributed by atoms with E-state index in [4.69, 9.17) is 16.3 Å². The zero-order valence-electron chi connectivity index (χ0n) is 11.9. The summed E-state index contributed by atoms with van der Waals surface area (Å²) in [5.41, 5.74) is 0.279. The van der Waals surface area contributed by atoms with E-state index >= 15 is 0 Å². The molecule has 2 rings (SSSR count). The molecule has 0 spiro atoms. The van der Waals surface area contributed by atoms with Gasteiger partial charge in [-0.25, -0.2) is 0 Å². The summed E-state index contributed by atoms with van der Waals surface area (Å²) in [7, 11) is 0. The Bertz CT molecular complexity index is 496.